The average Bonchev–Trinajstić information content (AvgIpc) is 3.08. The van der Waals surface area contributed by atoms with Crippen LogP contribution in [0.2, 0.25) is 0 Å². The molecule has 17 heavy (non-hydrogen) atoms. The Hall–Kier alpha value is -1.14. The van der Waals surface area contributed by atoms with Crippen LogP contribution in [0.3, 0.4) is 0 Å². The zero-order valence-electron chi connectivity index (χ0n) is 9.63. The number of nitrogens with one attached hydrogen (secondary N) is 1. The van der Waals surface area contributed by atoms with Gasteiger partial charge in [-0.05, 0) is 30.9 Å². The molecule has 1 unspecified atom stereocenters. The highest BCUT2D eigenvalue weighted by atomic mass is 32.2. The van der Waals surface area contributed by atoms with E-state index in [9.17, 15) is 13.5 Å². The number of aromatic nitrogens is 1. The smallest absolute Gasteiger partial charge is 0.179 e. The minimum atomic E-state index is -3.29. The molecule has 1 aliphatic carbocycles. The highest BCUT2D eigenvalue weighted by Gasteiger charge is 2.29. The van der Waals surface area contributed by atoms with Crippen molar-refractivity contribution in [3.63, 3.8) is 0 Å². The highest BCUT2D eigenvalue weighted by molar-refractivity contribution is 7.90. The van der Waals surface area contributed by atoms with Gasteiger partial charge in [-0.25, -0.2) is 13.4 Å². The van der Waals surface area contributed by atoms with Gasteiger partial charge < -0.3 is 10.4 Å². The fraction of sp³-hybridized carbons (Fsp3) is 0.545. The Morgan fingerprint density at radius 2 is 2.29 bits per heavy atom. The summed E-state index contributed by atoms with van der Waals surface area (Å²) < 4.78 is 23.0. The first-order valence-electron chi connectivity index (χ1n) is 5.55. The van der Waals surface area contributed by atoms with Gasteiger partial charge >= 0.3 is 0 Å². The molecule has 0 bridgehead atoms. The number of hydrogen-bond donors (Lipinski definition) is 2. The van der Waals surface area contributed by atoms with Crippen LogP contribution in [0.5, 0.6) is 0 Å². The summed E-state index contributed by atoms with van der Waals surface area (Å²) in [6.45, 7) is 0.338. The Bertz CT molecular complexity index is 497. The maximum atomic E-state index is 11.5. The largest absolute Gasteiger partial charge is 0.391 e. The van der Waals surface area contributed by atoms with E-state index in [-0.39, 0.29) is 4.90 Å². The Morgan fingerprint density at radius 3 is 2.88 bits per heavy atom. The van der Waals surface area contributed by atoms with E-state index in [0.29, 0.717) is 18.3 Å². The minimum Gasteiger partial charge on any atom is -0.391 e. The third-order valence-electron chi connectivity index (χ3n) is 2.81. The monoisotopic (exact) mass is 256 g/mol. The number of anilines is 1. The van der Waals surface area contributed by atoms with E-state index in [1.165, 1.54) is 12.3 Å². The number of aliphatic hydroxyl groups is 1. The zero-order chi connectivity index (χ0) is 12.5. The van der Waals surface area contributed by atoms with Crippen LogP contribution in [-0.4, -0.2) is 37.4 Å². The van der Waals surface area contributed by atoms with E-state index in [4.69, 9.17) is 0 Å². The van der Waals surface area contributed by atoms with Gasteiger partial charge in [0.05, 0.1) is 6.10 Å². The first-order valence-corrected chi connectivity index (χ1v) is 7.44. The topological polar surface area (TPSA) is 79.3 Å². The van der Waals surface area contributed by atoms with Gasteiger partial charge in [-0.1, -0.05) is 0 Å². The van der Waals surface area contributed by atoms with Crippen molar-refractivity contribution < 1.29 is 13.5 Å². The van der Waals surface area contributed by atoms with E-state index in [1.807, 2.05) is 0 Å². The molecule has 1 atom stereocenters. The number of pyridine rings is 1. The molecule has 0 aromatic carbocycles. The Morgan fingerprint density at radius 1 is 1.59 bits per heavy atom. The maximum Gasteiger partial charge on any atom is 0.179 e. The van der Waals surface area contributed by atoms with Gasteiger partial charge in [0.15, 0.2) is 9.84 Å². The SMILES string of the molecule is CS(=O)(=O)c1cccnc1NCC(O)C1CC1. The van der Waals surface area contributed by atoms with Crippen LogP contribution in [0.1, 0.15) is 12.8 Å². The van der Waals surface area contributed by atoms with Crippen molar-refractivity contribution in [2.75, 3.05) is 18.1 Å². The third kappa shape index (κ3) is 3.17. The standard InChI is InChI=1S/C11H16N2O3S/c1-17(15,16)10-3-2-6-12-11(10)13-7-9(14)8-4-5-8/h2-3,6,8-9,14H,4-5,7H2,1H3,(H,12,13). The first-order chi connectivity index (χ1) is 7.98. The predicted molar refractivity (Wildman–Crippen MR) is 64.6 cm³/mol. The van der Waals surface area contributed by atoms with Gasteiger partial charge in [-0.2, -0.15) is 0 Å². The fourth-order valence-corrected chi connectivity index (χ4v) is 2.47. The molecule has 1 aromatic heterocycles. The van der Waals surface area contributed by atoms with E-state index in [1.54, 1.807) is 6.07 Å². The summed E-state index contributed by atoms with van der Waals surface area (Å²) in [4.78, 5) is 4.16. The molecule has 1 saturated carbocycles. The van der Waals surface area contributed by atoms with Gasteiger partial charge in [-0.3, -0.25) is 0 Å². The normalized spacial score (nSPS) is 17.8. The van der Waals surface area contributed by atoms with Crippen LogP contribution in [0.25, 0.3) is 0 Å². The van der Waals surface area contributed by atoms with Crippen molar-refractivity contribution in [3.8, 4) is 0 Å². The number of nitrogens with zero attached hydrogens (tertiary/aromatic N) is 1. The van der Waals surface area contributed by atoms with E-state index in [2.05, 4.69) is 10.3 Å². The lowest BCUT2D eigenvalue weighted by atomic mass is 10.2. The molecule has 0 amide bonds. The fourth-order valence-electron chi connectivity index (χ4n) is 1.67. The van der Waals surface area contributed by atoms with Gasteiger partial charge in [0, 0.05) is 19.0 Å². The quantitative estimate of drug-likeness (QED) is 0.809. The molecule has 0 aliphatic heterocycles. The predicted octanol–water partition coefficient (Wildman–Crippen LogP) is 0.668. The van der Waals surface area contributed by atoms with Crippen LogP contribution >= 0.6 is 0 Å². The van der Waals surface area contributed by atoms with Crippen LogP contribution in [0.4, 0.5) is 5.82 Å². The second-order valence-electron chi connectivity index (χ2n) is 4.41. The Balaban J connectivity index is 2.09. The molecular weight excluding hydrogens is 240 g/mol. The molecule has 0 radical (unpaired) electrons. The van der Waals surface area contributed by atoms with Gasteiger partial charge in [-0.15, -0.1) is 0 Å². The summed E-state index contributed by atoms with van der Waals surface area (Å²) in [5.41, 5.74) is 0. The van der Waals surface area contributed by atoms with E-state index >= 15 is 0 Å². The van der Waals surface area contributed by atoms with Crippen LogP contribution in [-0.2, 0) is 9.84 Å². The number of aliphatic hydroxyl groups excluding tert-OH is 1. The maximum absolute atomic E-state index is 11.5. The van der Waals surface area contributed by atoms with Crippen LogP contribution < -0.4 is 5.32 Å². The molecule has 0 spiro atoms. The molecule has 2 N–H and O–H groups in total. The molecule has 1 fully saturated rings. The summed E-state index contributed by atoms with van der Waals surface area (Å²) in [6.07, 6.45) is 4.34. The van der Waals surface area contributed by atoms with Crippen molar-refractivity contribution in [1.82, 2.24) is 4.98 Å². The molecular formula is C11H16N2O3S. The molecule has 1 aliphatic rings. The molecule has 0 saturated heterocycles. The van der Waals surface area contributed by atoms with Crippen molar-refractivity contribution in [2.24, 2.45) is 5.92 Å². The summed E-state index contributed by atoms with van der Waals surface area (Å²) in [5.74, 6) is 0.669. The summed E-state index contributed by atoms with van der Waals surface area (Å²) in [6, 6.07) is 3.09. The lowest BCUT2D eigenvalue weighted by molar-refractivity contribution is 0.164. The number of rotatable bonds is 5. The van der Waals surface area contributed by atoms with Crippen LogP contribution in [0, 0.1) is 5.92 Å². The summed E-state index contributed by atoms with van der Waals surface area (Å²) >= 11 is 0. The van der Waals surface area contributed by atoms with Crippen molar-refractivity contribution in [3.05, 3.63) is 18.3 Å². The van der Waals surface area contributed by atoms with Crippen molar-refractivity contribution >= 4 is 15.7 Å². The second kappa shape index (κ2) is 4.62. The first kappa shape index (κ1) is 12.3. The number of sulfone groups is 1. The molecule has 2 rings (SSSR count). The van der Waals surface area contributed by atoms with Gasteiger partial charge in [0.1, 0.15) is 10.7 Å². The lowest BCUT2D eigenvalue weighted by Crippen LogP contribution is -2.22. The van der Waals surface area contributed by atoms with Crippen molar-refractivity contribution in [1.29, 1.82) is 0 Å². The molecule has 5 nitrogen and oxygen atoms in total. The van der Waals surface area contributed by atoms with Gasteiger partial charge in [0.2, 0.25) is 0 Å². The molecule has 6 heteroatoms. The molecule has 1 aromatic rings. The summed E-state index contributed by atoms with van der Waals surface area (Å²) in [5, 5.41) is 12.6. The average molecular weight is 256 g/mol. The highest BCUT2D eigenvalue weighted by Crippen LogP contribution is 2.32. The Kier molecular flexibility index (Phi) is 3.35. The van der Waals surface area contributed by atoms with Crippen LogP contribution in [0.15, 0.2) is 23.2 Å². The zero-order valence-corrected chi connectivity index (χ0v) is 10.4. The van der Waals surface area contributed by atoms with E-state index < -0.39 is 15.9 Å². The van der Waals surface area contributed by atoms with Gasteiger partial charge in [0.25, 0.3) is 0 Å². The second-order valence-corrected chi connectivity index (χ2v) is 6.39. The van der Waals surface area contributed by atoms with E-state index in [0.717, 1.165) is 19.1 Å². The van der Waals surface area contributed by atoms with Crippen molar-refractivity contribution in [2.45, 2.75) is 23.8 Å². The molecule has 1 heterocycles. The lowest BCUT2D eigenvalue weighted by Gasteiger charge is -2.13. The molecule has 94 valence electrons. The third-order valence-corrected chi connectivity index (χ3v) is 3.94. The minimum absolute atomic E-state index is 0.169. The Labute approximate surface area is 101 Å². The summed E-state index contributed by atoms with van der Waals surface area (Å²) in [7, 11) is -3.29. The number of hydrogen-bond acceptors (Lipinski definition) is 5.